The van der Waals surface area contributed by atoms with Crippen LogP contribution in [-0.4, -0.2) is 49.8 Å². The van der Waals surface area contributed by atoms with E-state index in [2.05, 4.69) is 32.3 Å². The highest BCUT2D eigenvalue weighted by Gasteiger charge is 2.18. The summed E-state index contributed by atoms with van der Waals surface area (Å²) in [5.41, 5.74) is 1.09. The van der Waals surface area contributed by atoms with Gasteiger partial charge in [-0.1, -0.05) is 12.1 Å². The molecule has 1 atom stereocenters. The van der Waals surface area contributed by atoms with Gasteiger partial charge in [-0.25, -0.2) is 9.97 Å². The lowest BCUT2D eigenvalue weighted by Crippen LogP contribution is -2.31. The van der Waals surface area contributed by atoms with Crippen molar-refractivity contribution >= 4 is 5.91 Å². The summed E-state index contributed by atoms with van der Waals surface area (Å²) in [4.78, 5) is 25.2. The van der Waals surface area contributed by atoms with Crippen LogP contribution in [0.25, 0.3) is 17.3 Å². The van der Waals surface area contributed by atoms with Crippen LogP contribution in [0.1, 0.15) is 42.5 Å². The van der Waals surface area contributed by atoms with Gasteiger partial charge < -0.3 is 14.6 Å². The lowest BCUT2D eigenvalue weighted by atomic mass is 10.2. The SMILES string of the molecule is CCCc1noc(-c2ccnc(-n3cnc(C(=O)NCC4CCCO4)c3)c2)n1. The molecule has 0 radical (unpaired) electrons. The van der Waals surface area contributed by atoms with E-state index in [0.29, 0.717) is 29.8 Å². The minimum atomic E-state index is -0.230. The molecule has 0 saturated carbocycles. The summed E-state index contributed by atoms with van der Waals surface area (Å²) in [5.74, 6) is 1.51. The summed E-state index contributed by atoms with van der Waals surface area (Å²) in [7, 11) is 0. The lowest BCUT2D eigenvalue weighted by molar-refractivity contribution is 0.0854. The molecule has 9 heteroatoms. The van der Waals surface area contributed by atoms with Gasteiger partial charge in [0.25, 0.3) is 11.8 Å². The number of amides is 1. The van der Waals surface area contributed by atoms with E-state index in [1.165, 1.54) is 0 Å². The monoisotopic (exact) mass is 382 g/mol. The first kappa shape index (κ1) is 18.3. The lowest BCUT2D eigenvalue weighted by Gasteiger charge is -2.09. The number of ether oxygens (including phenoxy) is 1. The fourth-order valence-corrected chi connectivity index (χ4v) is 3.06. The third-order valence-corrected chi connectivity index (χ3v) is 4.53. The molecule has 1 unspecified atom stereocenters. The Morgan fingerprint density at radius 2 is 2.32 bits per heavy atom. The highest BCUT2D eigenvalue weighted by molar-refractivity contribution is 5.92. The van der Waals surface area contributed by atoms with Gasteiger partial charge in [-0.3, -0.25) is 9.36 Å². The molecule has 4 heterocycles. The molecule has 1 saturated heterocycles. The van der Waals surface area contributed by atoms with E-state index in [1.807, 2.05) is 6.07 Å². The molecule has 0 bridgehead atoms. The molecule has 1 amide bonds. The van der Waals surface area contributed by atoms with E-state index in [9.17, 15) is 4.79 Å². The van der Waals surface area contributed by atoms with Crippen molar-refractivity contribution < 1.29 is 14.1 Å². The Labute approximate surface area is 162 Å². The van der Waals surface area contributed by atoms with Gasteiger partial charge in [-0.2, -0.15) is 4.98 Å². The fraction of sp³-hybridized carbons (Fsp3) is 0.421. The molecular weight excluding hydrogens is 360 g/mol. The van der Waals surface area contributed by atoms with Crippen LogP contribution in [0, 0.1) is 0 Å². The maximum absolute atomic E-state index is 12.3. The van der Waals surface area contributed by atoms with Crippen LogP contribution in [-0.2, 0) is 11.2 Å². The summed E-state index contributed by atoms with van der Waals surface area (Å²) in [6, 6.07) is 3.62. The predicted molar refractivity (Wildman–Crippen MR) is 100.0 cm³/mol. The molecule has 4 rings (SSSR count). The van der Waals surface area contributed by atoms with Gasteiger partial charge in [0.1, 0.15) is 17.8 Å². The van der Waals surface area contributed by atoms with Gasteiger partial charge in [0.05, 0.1) is 6.10 Å². The zero-order valence-corrected chi connectivity index (χ0v) is 15.7. The van der Waals surface area contributed by atoms with Crippen LogP contribution in [0.4, 0.5) is 0 Å². The van der Waals surface area contributed by atoms with Crippen LogP contribution in [0.3, 0.4) is 0 Å². The predicted octanol–water partition coefficient (Wildman–Crippen LogP) is 2.18. The van der Waals surface area contributed by atoms with Crippen molar-refractivity contribution in [2.45, 2.75) is 38.7 Å². The molecule has 1 aliphatic rings. The molecule has 9 nitrogen and oxygen atoms in total. The van der Waals surface area contributed by atoms with Gasteiger partial charge in [0.2, 0.25) is 0 Å². The standard InChI is InChI=1S/C19H22N6O3/c1-2-4-16-23-19(28-24-16)13-6-7-20-17(9-13)25-11-15(22-12-25)18(26)21-10-14-5-3-8-27-14/h6-7,9,11-12,14H,2-5,8,10H2,1H3,(H,21,26). The van der Waals surface area contributed by atoms with Gasteiger partial charge in [0, 0.05) is 37.5 Å². The number of nitrogens with one attached hydrogen (secondary N) is 1. The zero-order valence-electron chi connectivity index (χ0n) is 15.7. The number of aromatic nitrogens is 5. The Kier molecular flexibility index (Phi) is 5.43. The van der Waals surface area contributed by atoms with Crippen molar-refractivity contribution in [3.8, 4) is 17.3 Å². The Morgan fingerprint density at radius 1 is 1.39 bits per heavy atom. The Bertz CT molecular complexity index is 945. The van der Waals surface area contributed by atoms with Crippen LogP contribution < -0.4 is 5.32 Å². The molecule has 0 aliphatic carbocycles. The van der Waals surface area contributed by atoms with E-state index in [0.717, 1.165) is 37.9 Å². The normalized spacial score (nSPS) is 16.4. The van der Waals surface area contributed by atoms with Crippen LogP contribution >= 0.6 is 0 Å². The Hall–Kier alpha value is -3.07. The number of imidazole rings is 1. The fourth-order valence-electron chi connectivity index (χ4n) is 3.06. The third-order valence-electron chi connectivity index (χ3n) is 4.53. The summed E-state index contributed by atoms with van der Waals surface area (Å²) >= 11 is 0. The number of nitrogens with zero attached hydrogens (tertiary/aromatic N) is 5. The second-order valence-electron chi connectivity index (χ2n) is 6.68. The number of aryl methyl sites for hydroxylation is 1. The minimum absolute atomic E-state index is 0.0939. The molecule has 1 N–H and O–H groups in total. The first-order chi connectivity index (χ1) is 13.7. The number of hydrogen-bond donors (Lipinski definition) is 1. The van der Waals surface area contributed by atoms with Crippen molar-refractivity contribution in [2.24, 2.45) is 0 Å². The number of pyridine rings is 1. The summed E-state index contributed by atoms with van der Waals surface area (Å²) in [6.07, 6.45) is 8.69. The zero-order chi connectivity index (χ0) is 19.3. The largest absolute Gasteiger partial charge is 0.376 e. The van der Waals surface area contributed by atoms with Crippen molar-refractivity contribution in [2.75, 3.05) is 13.2 Å². The van der Waals surface area contributed by atoms with Crippen molar-refractivity contribution in [3.63, 3.8) is 0 Å². The summed E-state index contributed by atoms with van der Waals surface area (Å²) in [6.45, 7) is 3.32. The first-order valence-corrected chi connectivity index (χ1v) is 9.46. The second kappa shape index (κ2) is 8.30. The molecule has 146 valence electrons. The Morgan fingerprint density at radius 3 is 3.14 bits per heavy atom. The molecule has 3 aromatic rings. The van der Waals surface area contributed by atoms with E-state index in [1.54, 1.807) is 29.4 Å². The molecular formula is C19H22N6O3. The van der Waals surface area contributed by atoms with Crippen molar-refractivity contribution in [1.82, 2.24) is 30.0 Å². The molecule has 28 heavy (non-hydrogen) atoms. The summed E-state index contributed by atoms with van der Waals surface area (Å²) in [5, 5.41) is 6.84. The van der Waals surface area contributed by atoms with Crippen molar-refractivity contribution in [3.05, 3.63) is 42.4 Å². The number of carbonyl (C=O) groups is 1. The maximum Gasteiger partial charge on any atom is 0.271 e. The van der Waals surface area contributed by atoms with Gasteiger partial charge in [0.15, 0.2) is 5.82 Å². The third kappa shape index (κ3) is 4.09. The maximum atomic E-state index is 12.3. The highest BCUT2D eigenvalue weighted by Crippen LogP contribution is 2.19. The van der Waals surface area contributed by atoms with E-state index >= 15 is 0 Å². The van der Waals surface area contributed by atoms with Crippen LogP contribution in [0.2, 0.25) is 0 Å². The number of rotatable bonds is 7. The Balaban J connectivity index is 1.46. The molecule has 1 aliphatic heterocycles. The molecule has 3 aromatic heterocycles. The minimum Gasteiger partial charge on any atom is -0.376 e. The summed E-state index contributed by atoms with van der Waals surface area (Å²) < 4.78 is 12.5. The quantitative estimate of drug-likeness (QED) is 0.667. The van der Waals surface area contributed by atoms with Gasteiger partial charge >= 0.3 is 0 Å². The molecule has 0 spiro atoms. The average Bonchev–Trinajstić information content (AvgIpc) is 3.48. The number of hydrogen-bond acceptors (Lipinski definition) is 7. The van der Waals surface area contributed by atoms with Crippen LogP contribution in [0.5, 0.6) is 0 Å². The molecule has 0 aromatic carbocycles. The van der Waals surface area contributed by atoms with Crippen molar-refractivity contribution in [1.29, 1.82) is 0 Å². The first-order valence-electron chi connectivity index (χ1n) is 9.46. The van der Waals surface area contributed by atoms with Crippen LogP contribution in [0.15, 0.2) is 35.4 Å². The van der Waals surface area contributed by atoms with E-state index in [-0.39, 0.29) is 12.0 Å². The second-order valence-corrected chi connectivity index (χ2v) is 6.68. The smallest absolute Gasteiger partial charge is 0.271 e. The van der Waals surface area contributed by atoms with E-state index in [4.69, 9.17) is 9.26 Å². The average molecular weight is 382 g/mol. The van der Waals surface area contributed by atoms with Gasteiger partial charge in [-0.15, -0.1) is 0 Å². The topological polar surface area (TPSA) is 108 Å². The molecule has 1 fully saturated rings. The highest BCUT2D eigenvalue weighted by atomic mass is 16.5. The van der Waals surface area contributed by atoms with E-state index < -0.39 is 0 Å². The number of carbonyl (C=O) groups excluding carboxylic acids is 1. The van der Waals surface area contributed by atoms with Gasteiger partial charge in [-0.05, 0) is 31.4 Å².